The first-order chi connectivity index (χ1) is 9.50. The zero-order valence-corrected chi connectivity index (χ0v) is 13.8. The van der Waals surface area contributed by atoms with Gasteiger partial charge in [0.2, 0.25) is 0 Å². The summed E-state index contributed by atoms with van der Waals surface area (Å²) in [6.45, 7) is 2.41. The predicted molar refractivity (Wildman–Crippen MR) is 86.8 cm³/mol. The lowest BCUT2D eigenvalue weighted by molar-refractivity contribution is 0.0685. The molecule has 0 aromatic heterocycles. The number of nitrogens with two attached hydrogens (primary N) is 1. The molecule has 20 heavy (non-hydrogen) atoms. The minimum absolute atomic E-state index is 0.189. The van der Waals surface area contributed by atoms with Crippen molar-refractivity contribution in [3.8, 4) is 0 Å². The van der Waals surface area contributed by atoms with E-state index in [0.717, 1.165) is 32.6 Å². The summed E-state index contributed by atoms with van der Waals surface area (Å²) >= 11 is 8.14. The summed E-state index contributed by atoms with van der Waals surface area (Å²) in [6, 6.07) is 3.49. The van der Waals surface area contributed by atoms with E-state index in [2.05, 4.69) is 15.9 Å². The molecular weight excluding hydrogens is 343 g/mol. The fourth-order valence-corrected chi connectivity index (χ4v) is 3.29. The molecule has 0 atom stereocenters. The molecule has 2 N–H and O–H groups in total. The van der Waals surface area contributed by atoms with E-state index in [1.165, 1.54) is 0 Å². The highest BCUT2D eigenvalue weighted by Gasteiger charge is 2.20. The van der Waals surface area contributed by atoms with Crippen molar-refractivity contribution in [2.75, 3.05) is 31.7 Å². The first-order valence-electron chi connectivity index (χ1n) is 6.57. The first-order valence-corrected chi connectivity index (χ1v) is 7.77. The third-order valence-corrected chi connectivity index (χ3v) is 4.61. The lowest BCUT2D eigenvalue weighted by Gasteiger charge is -2.29. The second-order valence-electron chi connectivity index (χ2n) is 5.06. The Labute approximate surface area is 132 Å². The molecule has 0 bridgehead atoms. The number of halogens is 2. The molecule has 0 unspecified atom stereocenters. The van der Waals surface area contributed by atoms with Crippen molar-refractivity contribution < 1.29 is 9.13 Å². The van der Waals surface area contributed by atoms with Crippen molar-refractivity contribution in [3.05, 3.63) is 28.0 Å². The van der Waals surface area contributed by atoms with Gasteiger partial charge in [0, 0.05) is 32.4 Å². The van der Waals surface area contributed by atoms with E-state index in [9.17, 15) is 4.39 Å². The first kappa shape index (κ1) is 15.7. The summed E-state index contributed by atoms with van der Waals surface area (Å²) in [7, 11) is 1.90. The average molecular weight is 361 g/mol. The number of hydrogen-bond acceptors (Lipinski definition) is 3. The summed E-state index contributed by atoms with van der Waals surface area (Å²) in [6.07, 6.45) is 2.05. The van der Waals surface area contributed by atoms with Gasteiger partial charge in [-0.05, 0) is 46.8 Å². The Morgan fingerprint density at radius 2 is 2.15 bits per heavy atom. The molecule has 0 radical (unpaired) electrons. The largest absolute Gasteiger partial charge is 0.389 e. The molecule has 1 aromatic carbocycles. The number of anilines is 1. The SMILES string of the molecule is CN(CC1CCOCC1)c1ccc(C(N)=S)c(Br)c1F. The maximum Gasteiger partial charge on any atom is 0.161 e. The van der Waals surface area contributed by atoms with E-state index >= 15 is 0 Å². The third-order valence-electron chi connectivity index (χ3n) is 3.61. The Morgan fingerprint density at radius 3 is 2.75 bits per heavy atom. The van der Waals surface area contributed by atoms with Crippen molar-refractivity contribution >= 4 is 38.8 Å². The maximum atomic E-state index is 14.4. The van der Waals surface area contributed by atoms with Gasteiger partial charge in [-0.2, -0.15) is 0 Å². The van der Waals surface area contributed by atoms with Gasteiger partial charge in [0.1, 0.15) is 4.99 Å². The van der Waals surface area contributed by atoms with Crippen LogP contribution < -0.4 is 10.6 Å². The Hall–Kier alpha value is -0.720. The molecule has 1 saturated heterocycles. The highest BCUT2D eigenvalue weighted by Crippen LogP contribution is 2.30. The molecule has 3 nitrogen and oxygen atoms in total. The molecule has 1 heterocycles. The monoisotopic (exact) mass is 360 g/mol. The molecule has 0 spiro atoms. The molecule has 6 heteroatoms. The van der Waals surface area contributed by atoms with Crippen molar-refractivity contribution in [3.63, 3.8) is 0 Å². The van der Waals surface area contributed by atoms with Gasteiger partial charge >= 0.3 is 0 Å². The summed E-state index contributed by atoms with van der Waals surface area (Å²) in [5.74, 6) is 0.229. The van der Waals surface area contributed by atoms with E-state index in [-0.39, 0.29) is 10.8 Å². The highest BCUT2D eigenvalue weighted by atomic mass is 79.9. The number of nitrogens with zero attached hydrogens (tertiary/aromatic N) is 1. The van der Waals surface area contributed by atoms with Crippen LogP contribution in [0.4, 0.5) is 10.1 Å². The van der Waals surface area contributed by atoms with E-state index in [0.29, 0.717) is 21.6 Å². The van der Waals surface area contributed by atoms with Crippen LogP contribution in [0.15, 0.2) is 16.6 Å². The van der Waals surface area contributed by atoms with Crippen molar-refractivity contribution in [2.24, 2.45) is 11.7 Å². The molecule has 0 aliphatic carbocycles. The molecule has 0 amide bonds. The van der Waals surface area contributed by atoms with Crippen LogP contribution >= 0.6 is 28.1 Å². The van der Waals surface area contributed by atoms with Gasteiger partial charge in [-0.15, -0.1) is 0 Å². The number of rotatable bonds is 4. The Kier molecular flexibility index (Phi) is 5.35. The topological polar surface area (TPSA) is 38.5 Å². The molecule has 110 valence electrons. The van der Waals surface area contributed by atoms with Gasteiger partial charge in [0.25, 0.3) is 0 Å². The zero-order valence-electron chi connectivity index (χ0n) is 11.4. The van der Waals surface area contributed by atoms with Crippen LogP contribution in [-0.2, 0) is 4.74 Å². The number of benzene rings is 1. The third kappa shape index (κ3) is 3.48. The number of hydrogen-bond donors (Lipinski definition) is 1. The minimum Gasteiger partial charge on any atom is -0.389 e. The number of ether oxygens (including phenoxy) is 1. The number of thiocarbonyl (C=S) groups is 1. The minimum atomic E-state index is -0.315. The summed E-state index contributed by atoms with van der Waals surface area (Å²) in [5.41, 5.74) is 6.65. The van der Waals surface area contributed by atoms with Gasteiger partial charge in [-0.25, -0.2) is 4.39 Å². The Balaban J connectivity index is 2.15. The van der Waals surface area contributed by atoms with E-state index in [1.54, 1.807) is 12.1 Å². The zero-order chi connectivity index (χ0) is 14.7. The van der Waals surface area contributed by atoms with Crippen LogP contribution in [-0.4, -0.2) is 31.8 Å². The second kappa shape index (κ2) is 6.83. The lowest BCUT2D eigenvalue weighted by atomic mass is 9.99. The van der Waals surface area contributed by atoms with Gasteiger partial charge in [-0.1, -0.05) is 12.2 Å². The van der Waals surface area contributed by atoms with E-state index in [1.807, 2.05) is 11.9 Å². The summed E-state index contributed by atoms with van der Waals surface area (Å²) < 4.78 is 20.1. The molecule has 0 saturated carbocycles. The Morgan fingerprint density at radius 1 is 1.50 bits per heavy atom. The molecule has 1 aromatic rings. The molecule has 2 rings (SSSR count). The van der Waals surface area contributed by atoms with Crippen LogP contribution in [0.2, 0.25) is 0 Å². The average Bonchev–Trinajstić information content (AvgIpc) is 2.42. The van der Waals surface area contributed by atoms with E-state index < -0.39 is 0 Å². The van der Waals surface area contributed by atoms with Gasteiger partial charge in [0.05, 0.1) is 10.2 Å². The fraction of sp³-hybridized carbons (Fsp3) is 0.500. The smallest absolute Gasteiger partial charge is 0.161 e. The molecule has 1 fully saturated rings. The Bertz CT molecular complexity index is 506. The molecule has 1 aliphatic rings. The van der Waals surface area contributed by atoms with Gasteiger partial charge in [-0.3, -0.25) is 0 Å². The lowest BCUT2D eigenvalue weighted by Crippen LogP contribution is -2.30. The normalized spacial score (nSPS) is 16.1. The van der Waals surface area contributed by atoms with Crippen LogP contribution in [0.1, 0.15) is 18.4 Å². The van der Waals surface area contributed by atoms with Crippen LogP contribution in [0.3, 0.4) is 0 Å². The van der Waals surface area contributed by atoms with Crippen LogP contribution in [0.5, 0.6) is 0 Å². The molecule has 1 aliphatic heterocycles. The van der Waals surface area contributed by atoms with Crippen LogP contribution in [0, 0.1) is 11.7 Å². The van der Waals surface area contributed by atoms with E-state index in [4.69, 9.17) is 22.7 Å². The fourth-order valence-electron chi connectivity index (χ4n) is 2.44. The van der Waals surface area contributed by atoms with Gasteiger partial charge in [0.15, 0.2) is 5.82 Å². The second-order valence-corrected chi connectivity index (χ2v) is 6.29. The highest BCUT2D eigenvalue weighted by molar-refractivity contribution is 9.10. The van der Waals surface area contributed by atoms with Crippen molar-refractivity contribution in [1.82, 2.24) is 0 Å². The predicted octanol–water partition coefficient (Wildman–Crippen LogP) is 3.09. The summed E-state index contributed by atoms with van der Waals surface area (Å²) in [4.78, 5) is 2.13. The summed E-state index contributed by atoms with van der Waals surface area (Å²) in [5, 5.41) is 0. The molecular formula is C14H18BrFN2OS. The maximum absolute atomic E-state index is 14.4. The van der Waals surface area contributed by atoms with Gasteiger partial charge < -0.3 is 15.4 Å². The standard InChI is InChI=1S/C14H18BrFN2OS/c1-18(8-9-4-6-19-7-5-9)11-3-2-10(14(17)20)12(15)13(11)16/h2-3,9H,4-8H2,1H3,(H2,17,20). The van der Waals surface area contributed by atoms with Crippen molar-refractivity contribution in [2.45, 2.75) is 12.8 Å². The quantitative estimate of drug-likeness (QED) is 0.837. The van der Waals surface area contributed by atoms with Crippen LogP contribution in [0.25, 0.3) is 0 Å². The van der Waals surface area contributed by atoms with Crippen molar-refractivity contribution in [1.29, 1.82) is 0 Å².